The summed E-state index contributed by atoms with van der Waals surface area (Å²) in [5, 5.41) is 5.82. The number of rotatable bonds is 3. The van der Waals surface area contributed by atoms with Gasteiger partial charge in [-0.25, -0.2) is 4.79 Å². The van der Waals surface area contributed by atoms with Gasteiger partial charge in [-0.3, -0.25) is 0 Å². The van der Waals surface area contributed by atoms with E-state index in [0.717, 1.165) is 31.5 Å². The van der Waals surface area contributed by atoms with Gasteiger partial charge in [0, 0.05) is 29.5 Å². The van der Waals surface area contributed by atoms with Crippen LogP contribution < -0.4 is 5.32 Å². The largest absolute Gasteiger partial charge is 0.334 e. The molecule has 0 aliphatic carbocycles. The molecule has 2 heterocycles. The van der Waals surface area contributed by atoms with Crippen LogP contribution in [0.25, 0.3) is 0 Å². The number of urea groups is 1. The number of carbonyl (C=O) groups excluding carboxylic acids is 1. The second kappa shape index (κ2) is 7.16. The normalized spacial score (nSPS) is 15.8. The molecule has 5 heteroatoms. The Morgan fingerprint density at radius 1 is 1.23 bits per heavy atom. The summed E-state index contributed by atoms with van der Waals surface area (Å²) < 4.78 is 0. The Balaban J connectivity index is 1.46. The molecule has 1 saturated heterocycles. The quantitative estimate of drug-likeness (QED) is 0.881. The zero-order valence-corrected chi connectivity index (χ0v) is 13.9. The minimum Gasteiger partial charge on any atom is -0.334 e. The number of benzene rings is 1. The first-order chi connectivity index (χ1) is 10.7. The monoisotopic (exact) mass is 334 g/mol. The number of halogens is 1. The van der Waals surface area contributed by atoms with Crippen LogP contribution in [0.4, 0.5) is 4.79 Å². The van der Waals surface area contributed by atoms with Gasteiger partial charge in [0.2, 0.25) is 0 Å². The number of hydrogen-bond acceptors (Lipinski definition) is 2. The zero-order chi connectivity index (χ0) is 15.4. The lowest BCUT2D eigenvalue weighted by Crippen LogP contribution is -2.43. The van der Waals surface area contributed by atoms with Gasteiger partial charge in [0.1, 0.15) is 0 Å². The van der Waals surface area contributed by atoms with Crippen LogP contribution in [-0.2, 0) is 6.54 Å². The molecule has 0 radical (unpaired) electrons. The summed E-state index contributed by atoms with van der Waals surface area (Å²) in [7, 11) is 0. The fourth-order valence-electron chi connectivity index (χ4n) is 2.78. The average Bonchev–Trinajstić information content (AvgIpc) is 3.09. The maximum absolute atomic E-state index is 12.2. The molecule has 1 aromatic heterocycles. The molecule has 0 unspecified atom stereocenters. The lowest BCUT2D eigenvalue weighted by Gasteiger charge is -2.31. The minimum absolute atomic E-state index is 0.0274. The lowest BCUT2D eigenvalue weighted by atomic mass is 9.95. The predicted molar refractivity (Wildman–Crippen MR) is 91.6 cm³/mol. The molecule has 0 bridgehead atoms. The highest BCUT2D eigenvalue weighted by Gasteiger charge is 2.24. The first-order valence-corrected chi connectivity index (χ1v) is 8.79. The summed E-state index contributed by atoms with van der Waals surface area (Å²) in [6.45, 7) is 2.20. The second-order valence-corrected chi connectivity index (χ2v) is 6.98. The van der Waals surface area contributed by atoms with Crippen LogP contribution in [0.2, 0.25) is 5.02 Å². The van der Waals surface area contributed by atoms with Gasteiger partial charge in [-0.2, -0.15) is 0 Å². The van der Waals surface area contributed by atoms with Crippen molar-refractivity contribution in [3.05, 3.63) is 57.2 Å². The number of nitrogens with one attached hydrogen (secondary N) is 1. The van der Waals surface area contributed by atoms with Crippen molar-refractivity contribution in [2.24, 2.45) is 0 Å². The maximum Gasteiger partial charge on any atom is 0.317 e. The van der Waals surface area contributed by atoms with Crippen LogP contribution in [0.3, 0.4) is 0 Å². The van der Waals surface area contributed by atoms with Crippen molar-refractivity contribution in [1.82, 2.24) is 10.2 Å². The van der Waals surface area contributed by atoms with Crippen LogP contribution >= 0.6 is 22.9 Å². The molecular weight excluding hydrogens is 316 g/mol. The van der Waals surface area contributed by atoms with Crippen LogP contribution in [0.15, 0.2) is 41.8 Å². The van der Waals surface area contributed by atoms with Crippen molar-refractivity contribution in [3.8, 4) is 0 Å². The van der Waals surface area contributed by atoms with Gasteiger partial charge >= 0.3 is 6.03 Å². The standard InChI is InChI=1S/C17H19ClN2OS/c18-15-5-3-13(4-6-15)12-19-17(21)20-9-7-14(8-10-20)16-2-1-11-22-16/h1-6,11,14H,7-10,12H2,(H,19,21). The van der Waals surface area contributed by atoms with Crippen molar-refractivity contribution in [3.63, 3.8) is 0 Å². The molecule has 1 fully saturated rings. The van der Waals surface area contributed by atoms with Crippen molar-refractivity contribution in [2.45, 2.75) is 25.3 Å². The molecule has 1 N–H and O–H groups in total. The third kappa shape index (κ3) is 3.81. The fourth-order valence-corrected chi connectivity index (χ4v) is 3.81. The molecule has 2 amide bonds. The van der Waals surface area contributed by atoms with E-state index in [1.165, 1.54) is 4.88 Å². The third-order valence-corrected chi connectivity index (χ3v) is 5.37. The number of hydrogen-bond donors (Lipinski definition) is 1. The maximum atomic E-state index is 12.2. The summed E-state index contributed by atoms with van der Waals surface area (Å²) >= 11 is 7.68. The van der Waals surface area contributed by atoms with Crippen molar-refractivity contribution in [2.75, 3.05) is 13.1 Å². The number of nitrogens with zero attached hydrogens (tertiary/aromatic N) is 1. The van der Waals surface area contributed by atoms with Gasteiger partial charge in [0.15, 0.2) is 0 Å². The van der Waals surface area contributed by atoms with Crippen LogP contribution in [0.1, 0.15) is 29.2 Å². The third-order valence-electron chi connectivity index (χ3n) is 4.08. The zero-order valence-electron chi connectivity index (χ0n) is 12.3. The molecule has 2 aromatic rings. The van der Waals surface area contributed by atoms with E-state index in [4.69, 9.17) is 11.6 Å². The molecule has 3 nitrogen and oxygen atoms in total. The summed E-state index contributed by atoms with van der Waals surface area (Å²) in [6.07, 6.45) is 2.10. The Bertz CT molecular complexity index is 604. The molecule has 22 heavy (non-hydrogen) atoms. The van der Waals surface area contributed by atoms with Gasteiger partial charge in [-0.1, -0.05) is 29.8 Å². The number of likely N-dealkylation sites (tertiary alicyclic amines) is 1. The summed E-state index contributed by atoms with van der Waals surface area (Å²) in [5.74, 6) is 0.611. The molecule has 0 saturated carbocycles. The predicted octanol–water partition coefficient (Wildman–Crippen LogP) is 4.49. The molecule has 0 spiro atoms. The van der Waals surface area contributed by atoms with Gasteiger partial charge in [-0.15, -0.1) is 11.3 Å². The summed E-state index contributed by atoms with van der Waals surface area (Å²) in [5.41, 5.74) is 1.06. The molecule has 1 aliphatic rings. The Morgan fingerprint density at radius 2 is 1.95 bits per heavy atom. The first kappa shape index (κ1) is 15.4. The highest BCUT2D eigenvalue weighted by Crippen LogP contribution is 2.30. The molecule has 116 valence electrons. The smallest absolute Gasteiger partial charge is 0.317 e. The van der Waals surface area contributed by atoms with E-state index >= 15 is 0 Å². The SMILES string of the molecule is O=C(NCc1ccc(Cl)cc1)N1CCC(c2cccs2)CC1. The number of thiophene rings is 1. The lowest BCUT2D eigenvalue weighted by molar-refractivity contribution is 0.181. The van der Waals surface area contributed by atoms with Crippen molar-refractivity contribution >= 4 is 29.0 Å². The number of carbonyl (C=O) groups is 1. The highest BCUT2D eigenvalue weighted by molar-refractivity contribution is 7.10. The van der Waals surface area contributed by atoms with Crippen molar-refractivity contribution in [1.29, 1.82) is 0 Å². The molecule has 1 aromatic carbocycles. The van der Waals surface area contributed by atoms with Crippen LogP contribution in [0.5, 0.6) is 0 Å². The van der Waals surface area contributed by atoms with Gasteiger partial charge in [0.25, 0.3) is 0 Å². The Kier molecular flexibility index (Phi) is 5.01. The van der Waals surface area contributed by atoms with E-state index in [-0.39, 0.29) is 6.03 Å². The first-order valence-electron chi connectivity index (χ1n) is 7.53. The Hall–Kier alpha value is -1.52. The Morgan fingerprint density at radius 3 is 2.59 bits per heavy atom. The molecule has 3 rings (SSSR count). The van der Waals surface area contributed by atoms with Crippen LogP contribution in [0, 0.1) is 0 Å². The van der Waals surface area contributed by atoms with Gasteiger partial charge in [-0.05, 0) is 47.9 Å². The number of amides is 2. The van der Waals surface area contributed by atoms with Gasteiger partial charge < -0.3 is 10.2 Å². The highest BCUT2D eigenvalue weighted by atomic mass is 35.5. The Labute approximate surface area is 139 Å². The molecular formula is C17H19ClN2OS. The average molecular weight is 335 g/mol. The van der Waals surface area contributed by atoms with E-state index in [1.54, 1.807) is 0 Å². The number of piperidine rings is 1. The van der Waals surface area contributed by atoms with E-state index in [2.05, 4.69) is 22.8 Å². The van der Waals surface area contributed by atoms with Crippen LogP contribution in [-0.4, -0.2) is 24.0 Å². The van der Waals surface area contributed by atoms with Crippen molar-refractivity contribution < 1.29 is 4.79 Å². The van der Waals surface area contributed by atoms with E-state index < -0.39 is 0 Å². The van der Waals surface area contributed by atoms with E-state index in [1.807, 2.05) is 40.5 Å². The summed E-state index contributed by atoms with van der Waals surface area (Å²) in [6, 6.07) is 11.9. The van der Waals surface area contributed by atoms with Gasteiger partial charge in [0.05, 0.1) is 0 Å². The topological polar surface area (TPSA) is 32.3 Å². The minimum atomic E-state index is 0.0274. The summed E-state index contributed by atoms with van der Waals surface area (Å²) in [4.78, 5) is 15.6. The van der Waals surface area contributed by atoms with E-state index in [0.29, 0.717) is 17.5 Å². The fraction of sp³-hybridized carbons (Fsp3) is 0.353. The molecule has 0 atom stereocenters. The van der Waals surface area contributed by atoms with E-state index in [9.17, 15) is 4.79 Å². The molecule has 1 aliphatic heterocycles. The second-order valence-electron chi connectivity index (χ2n) is 5.56.